The number of nitrogens with zero attached hydrogens (tertiary/aromatic N) is 4. The van der Waals surface area contributed by atoms with Crippen molar-refractivity contribution in [3.8, 4) is 5.75 Å². The number of ether oxygens (including phenoxy) is 1. The third-order valence-electron chi connectivity index (χ3n) is 5.23. The maximum atomic E-state index is 10.1. The van der Waals surface area contributed by atoms with Gasteiger partial charge in [0, 0.05) is 29.3 Å². The molecule has 0 bridgehead atoms. The Morgan fingerprint density at radius 1 is 1.17 bits per heavy atom. The van der Waals surface area contributed by atoms with Gasteiger partial charge in [-0.3, -0.25) is 9.38 Å². The molecule has 0 spiro atoms. The molecule has 30 heavy (non-hydrogen) atoms. The summed E-state index contributed by atoms with van der Waals surface area (Å²) in [5.74, 6) is 1.41. The summed E-state index contributed by atoms with van der Waals surface area (Å²) < 4.78 is 7.59. The Morgan fingerprint density at radius 2 is 1.93 bits per heavy atom. The summed E-state index contributed by atoms with van der Waals surface area (Å²) in [5.41, 5.74) is 5.83. The molecule has 2 aromatic carbocycles. The van der Waals surface area contributed by atoms with Crippen LogP contribution < -0.4 is 4.74 Å². The number of nitrogens with one attached hydrogen (secondary N) is 1. The van der Waals surface area contributed by atoms with Crippen LogP contribution in [-0.2, 0) is 6.42 Å². The van der Waals surface area contributed by atoms with Crippen LogP contribution in [-0.4, -0.2) is 37.5 Å². The lowest BCUT2D eigenvalue weighted by atomic mass is 9.99. The molecule has 0 saturated heterocycles. The summed E-state index contributed by atoms with van der Waals surface area (Å²) >= 11 is 0. The topological polar surface area (TPSA) is 96.4 Å². The van der Waals surface area contributed by atoms with Crippen LogP contribution in [0.2, 0.25) is 0 Å². The van der Waals surface area contributed by atoms with Gasteiger partial charge in [0.25, 0.3) is 0 Å². The summed E-state index contributed by atoms with van der Waals surface area (Å²) in [6.07, 6.45) is 2.32. The van der Waals surface area contributed by atoms with Crippen molar-refractivity contribution >= 4 is 28.0 Å². The summed E-state index contributed by atoms with van der Waals surface area (Å²) in [7, 11) is 1.57. The molecule has 2 N–H and O–H groups in total. The highest BCUT2D eigenvalue weighted by Gasteiger charge is 2.18. The first-order valence-corrected chi connectivity index (χ1v) is 9.61. The zero-order valence-electron chi connectivity index (χ0n) is 17.4. The van der Waals surface area contributed by atoms with Gasteiger partial charge in [0.05, 0.1) is 30.1 Å². The number of rotatable bonds is 5. The maximum absolute atomic E-state index is 10.1. The van der Waals surface area contributed by atoms with Crippen molar-refractivity contribution in [1.82, 2.24) is 19.6 Å². The molecule has 4 aromatic rings. The van der Waals surface area contributed by atoms with E-state index in [1.165, 1.54) is 11.1 Å². The second-order valence-electron chi connectivity index (χ2n) is 7.30. The van der Waals surface area contributed by atoms with Crippen LogP contribution in [0.25, 0.3) is 22.3 Å². The molecule has 4 rings (SSSR count). The molecule has 2 heterocycles. The number of benzene rings is 2. The highest BCUT2D eigenvalue weighted by Crippen LogP contribution is 2.33. The molecular weight excluding hydrogens is 378 g/mol. The van der Waals surface area contributed by atoms with Gasteiger partial charge >= 0.3 is 0 Å². The molecule has 0 aliphatic heterocycles. The molecule has 7 nitrogen and oxygen atoms in total. The molecule has 0 radical (unpaired) electrons. The molecule has 0 saturated carbocycles. The fourth-order valence-electron chi connectivity index (χ4n) is 3.77. The van der Waals surface area contributed by atoms with Gasteiger partial charge in [0.2, 0.25) is 0 Å². The molecule has 0 amide bonds. The number of fused-ring (bicyclic) bond motifs is 3. The molecule has 0 atom stereocenters. The van der Waals surface area contributed by atoms with Gasteiger partial charge in [0.1, 0.15) is 11.6 Å². The van der Waals surface area contributed by atoms with E-state index in [9.17, 15) is 5.11 Å². The fourth-order valence-corrected chi connectivity index (χ4v) is 3.77. The molecule has 0 aliphatic carbocycles. The van der Waals surface area contributed by atoms with Gasteiger partial charge < -0.3 is 15.3 Å². The Morgan fingerprint density at radius 3 is 2.60 bits per heavy atom. The van der Waals surface area contributed by atoms with Crippen LogP contribution >= 0.6 is 0 Å². The quantitative estimate of drug-likeness (QED) is 0.379. The number of methoxy groups -OCH3 is 1. The van der Waals surface area contributed by atoms with E-state index in [1.54, 1.807) is 27.2 Å². The van der Waals surface area contributed by atoms with E-state index < -0.39 is 0 Å². The standard InChI is InChI=1S/C23H23N5O2/c1-13-7-5-6-8-16(13)9-21-26-27-22-12-25-18-10-17(23(14(2)24)15(3)29)20(30-4)11-19(18)28(21)22/h5-8,10-12,24,29H,9H2,1-4H3/b23-15+,24-14?. The maximum Gasteiger partial charge on any atom is 0.179 e. The SMILES string of the molecule is COc1cc2c(cc1/C(C(C)=N)=C(\C)O)ncc1nnc(Cc3ccccc3C)n12. The van der Waals surface area contributed by atoms with E-state index >= 15 is 0 Å². The molecular formula is C23H23N5O2. The second kappa shape index (κ2) is 7.59. The lowest BCUT2D eigenvalue weighted by Gasteiger charge is -2.14. The minimum absolute atomic E-state index is 0.0609. The highest BCUT2D eigenvalue weighted by atomic mass is 16.5. The zero-order valence-corrected chi connectivity index (χ0v) is 17.4. The first kappa shape index (κ1) is 19.6. The van der Waals surface area contributed by atoms with Crippen molar-refractivity contribution in [2.24, 2.45) is 0 Å². The first-order valence-electron chi connectivity index (χ1n) is 9.61. The largest absolute Gasteiger partial charge is 0.512 e. The summed E-state index contributed by atoms with van der Waals surface area (Å²) in [5, 5.41) is 26.9. The van der Waals surface area contributed by atoms with Gasteiger partial charge in [-0.1, -0.05) is 24.3 Å². The normalized spacial score (nSPS) is 12.3. The third kappa shape index (κ3) is 3.28. The van der Waals surface area contributed by atoms with Gasteiger partial charge in [-0.15, -0.1) is 10.2 Å². The van der Waals surface area contributed by atoms with E-state index in [0.717, 1.165) is 11.3 Å². The van der Waals surface area contributed by atoms with E-state index in [1.807, 2.05) is 28.7 Å². The molecule has 2 aromatic heterocycles. The Balaban J connectivity index is 1.96. The Hall–Kier alpha value is -3.74. The van der Waals surface area contributed by atoms with Crippen molar-refractivity contribution in [2.75, 3.05) is 7.11 Å². The van der Waals surface area contributed by atoms with Crippen molar-refractivity contribution in [3.05, 3.63) is 70.9 Å². The number of aliphatic hydroxyl groups is 1. The molecule has 0 fully saturated rings. The second-order valence-corrected chi connectivity index (χ2v) is 7.30. The van der Waals surface area contributed by atoms with Gasteiger partial charge in [-0.05, 0) is 38.0 Å². The number of aromatic nitrogens is 4. The van der Waals surface area contributed by atoms with Crippen molar-refractivity contribution in [2.45, 2.75) is 27.2 Å². The predicted octanol–water partition coefficient (Wildman–Crippen LogP) is 4.51. The fraction of sp³-hybridized carbons (Fsp3) is 0.217. The number of hydrogen-bond acceptors (Lipinski definition) is 6. The lowest BCUT2D eigenvalue weighted by molar-refractivity contribution is 0.409. The summed E-state index contributed by atoms with van der Waals surface area (Å²) in [6.45, 7) is 5.28. The Bertz CT molecular complexity index is 1320. The van der Waals surface area contributed by atoms with Crippen molar-refractivity contribution in [1.29, 1.82) is 5.41 Å². The predicted molar refractivity (Wildman–Crippen MR) is 117 cm³/mol. The minimum atomic E-state index is 0.0609. The van der Waals surface area contributed by atoms with Gasteiger partial charge in [-0.2, -0.15) is 0 Å². The van der Waals surface area contributed by atoms with Gasteiger partial charge in [-0.25, -0.2) is 0 Å². The van der Waals surface area contributed by atoms with Crippen LogP contribution in [0.4, 0.5) is 0 Å². The Kier molecular flexibility index (Phi) is 4.95. The van der Waals surface area contributed by atoms with E-state index in [2.05, 4.69) is 34.2 Å². The average molecular weight is 401 g/mol. The van der Waals surface area contributed by atoms with Crippen molar-refractivity contribution in [3.63, 3.8) is 0 Å². The smallest absolute Gasteiger partial charge is 0.179 e. The Labute approximate surface area is 174 Å². The van der Waals surface area contributed by atoms with Crippen LogP contribution in [0.5, 0.6) is 5.75 Å². The van der Waals surface area contributed by atoms with Crippen LogP contribution in [0.15, 0.2) is 48.4 Å². The summed E-state index contributed by atoms with van der Waals surface area (Å²) in [4.78, 5) is 4.53. The minimum Gasteiger partial charge on any atom is -0.512 e. The zero-order chi connectivity index (χ0) is 21.4. The van der Waals surface area contributed by atoms with Crippen LogP contribution in [0.3, 0.4) is 0 Å². The van der Waals surface area contributed by atoms with Crippen LogP contribution in [0, 0.1) is 12.3 Å². The molecule has 0 aliphatic rings. The molecule has 0 unspecified atom stereocenters. The van der Waals surface area contributed by atoms with Crippen molar-refractivity contribution < 1.29 is 9.84 Å². The summed E-state index contributed by atoms with van der Waals surface area (Å²) in [6, 6.07) is 11.9. The number of hydrogen-bond donors (Lipinski definition) is 2. The number of aliphatic hydroxyl groups excluding tert-OH is 1. The van der Waals surface area contributed by atoms with E-state index in [4.69, 9.17) is 10.1 Å². The first-order chi connectivity index (χ1) is 14.4. The van der Waals surface area contributed by atoms with E-state index in [-0.39, 0.29) is 11.5 Å². The molecule has 7 heteroatoms. The monoisotopic (exact) mass is 401 g/mol. The van der Waals surface area contributed by atoms with E-state index in [0.29, 0.717) is 34.5 Å². The molecule has 152 valence electrons. The van der Waals surface area contributed by atoms with Crippen LogP contribution in [0.1, 0.15) is 36.4 Å². The van der Waals surface area contributed by atoms with Gasteiger partial charge in [0.15, 0.2) is 5.65 Å². The number of allylic oxidation sites excluding steroid dienone is 2. The number of aryl methyl sites for hydroxylation is 1. The lowest BCUT2D eigenvalue weighted by Crippen LogP contribution is -2.04. The highest BCUT2D eigenvalue weighted by molar-refractivity contribution is 6.22. The third-order valence-corrected chi connectivity index (χ3v) is 5.23. The average Bonchev–Trinajstić information content (AvgIpc) is 3.12.